The van der Waals surface area contributed by atoms with E-state index in [1.165, 1.54) is 6.07 Å². The molecule has 0 saturated carbocycles. The Balaban J connectivity index is 2.45. The van der Waals surface area contributed by atoms with E-state index in [0.717, 1.165) is 0 Å². The minimum atomic E-state index is -0.378. The van der Waals surface area contributed by atoms with Gasteiger partial charge in [0.15, 0.2) is 0 Å². The molecule has 0 fully saturated rings. The molecule has 0 spiro atoms. The highest BCUT2D eigenvalue weighted by atomic mass is 19.1. The lowest BCUT2D eigenvalue weighted by Gasteiger charge is -1.94. The Morgan fingerprint density at radius 2 is 2.21 bits per heavy atom. The van der Waals surface area contributed by atoms with Crippen molar-refractivity contribution < 1.29 is 9.23 Å². The summed E-state index contributed by atoms with van der Waals surface area (Å²) >= 11 is 0. The Labute approximate surface area is 82.4 Å². The molecule has 0 bridgehead atoms. The molecular weight excluding hydrogens is 181 g/mol. The van der Waals surface area contributed by atoms with Crippen LogP contribution in [0.25, 0.3) is 0 Å². The summed E-state index contributed by atoms with van der Waals surface area (Å²) in [5.74, 6) is 2.01. The molecule has 0 saturated heterocycles. The first-order valence-corrected chi connectivity index (χ1v) is 4.10. The van der Waals surface area contributed by atoms with Crippen LogP contribution in [-0.2, 0) is 4.84 Å². The van der Waals surface area contributed by atoms with Crippen molar-refractivity contribution in [2.75, 3.05) is 6.61 Å². The van der Waals surface area contributed by atoms with Crippen molar-refractivity contribution in [1.29, 1.82) is 0 Å². The first-order valence-electron chi connectivity index (χ1n) is 4.10. The van der Waals surface area contributed by atoms with Gasteiger partial charge in [-0.1, -0.05) is 17.3 Å². The van der Waals surface area contributed by atoms with Crippen LogP contribution in [0.3, 0.4) is 0 Å². The molecule has 1 aromatic rings. The third kappa shape index (κ3) is 3.28. The van der Waals surface area contributed by atoms with E-state index in [-0.39, 0.29) is 11.4 Å². The van der Waals surface area contributed by atoms with E-state index >= 15 is 0 Å². The van der Waals surface area contributed by atoms with Gasteiger partial charge in [-0.2, -0.15) is 0 Å². The molecule has 3 heteroatoms. The molecule has 0 heterocycles. The Bertz CT molecular complexity index is 355. The van der Waals surface area contributed by atoms with Gasteiger partial charge in [0.05, 0.1) is 0 Å². The van der Waals surface area contributed by atoms with Crippen LogP contribution in [0.1, 0.15) is 12.0 Å². The molecule has 14 heavy (non-hydrogen) atoms. The monoisotopic (exact) mass is 190 g/mol. The predicted molar refractivity (Wildman–Crippen MR) is 52.3 cm³/mol. The molecule has 2 nitrogen and oxygen atoms in total. The summed E-state index contributed by atoms with van der Waals surface area (Å²) in [6.45, 7) is 0.317. The average molecular weight is 190 g/mol. The van der Waals surface area contributed by atoms with Gasteiger partial charge >= 0.3 is 0 Å². The van der Waals surface area contributed by atoms with E-state index in [0.29, 0.717) is 13.0 Å². The third-order valence-electron chi connectivity index (χ3n) is 1.44. The quantitative estimate of drug-likeness (QED) is 0.308. The second kappa shape index (κ2) is 5.76. The Morgan fingerprint density at radius 3 is 2.93 bits per heavy atom. The predicted octanol–water partition coefficient (Wildman–Crippen LogP) is 2.08. The number of benzene rings is 1. The smallest absolute Gasteiger partial charge is 0.142 e. The van der Waals surface area contributed by atoms with E-state index < -0.39 is 0 Å². The molecule has 0 N–H and O–H groups in total. The normalized spacial score (nSPS) is 10.0. The molecule has 1 rings (SSSR count). The van der Waals surface area contributed by atoms with Gasteiger partial charge in [0.2, 0.25) is 0 Å². The van der Waals surface area contributed by atoms with Crippen LogP contribution in [0.2, 0.25) is 0 Å². The molecular formula is C11H9FNO. The Kier molecular flexibility index (Phi) is 4.22. The van der Waals surface area contributed by atoms with Crippen molar-refractivity contribution in [2.45, 2.75) is 6.42 Å². The highest BCUT2D eigenvalue weighted by Crippen LogP contribution is 2.02. The summed E-state index contributed by atoms with van der Waals surface area (Å²) < 4.78 is 13.0. The molecule has 0 aliphatic rings. The highest BCUT2D eigenvalue weighted by molar-refractivity contribution is 5.79. The summed E-state index contributed by atoms with van der Waals surface area (Å²) in [5, 5.41) is 3.45. The summed E-state index contributed by atoms with van der Waals surface area (Å²) in [4.78, 5) is 4.74. The lowest BCUT2D eigenvalue weighted by Crippen LogP contribution is -1.90. The summed E-state index contributed by atoms with van der Waals surface area (Å²) in [6.07, 6.45) is 7.90. The average Bonchev–Trinajstić information content (AvgIpc) is 2.20. The van der Waals surface area contributed by atoms with Crippen LogP contribution in [0.4, 0.5) is 4.39 Å². The molecule has 71 valence electrons. The summed E-state index contributed by atoms with van der Waals surface area (Å²) in [5.41, 5.74) is 0.271. The van der Waals surface area contributed by atoms with Gasteiger partial charge in [-0.15, -0.1) is 12.3 Å². The zero-order chi connectivity index (χ0) is 10.2. The van der Waals surface area contributed by atoms with Crippen molar-refractivity contribution >= 4 is 6.21 Å². The number of hydrogen-bond acceptors (Lipinski definition) is 2. The van der Waals surface area contributed by atoms with Crippen LogP contribution >= 0.6 is 0 Å². The lowest BCUT2D eigenvalue weighted by molar-refractivity contribution is 0.152. The van der Waals surface area contributed by atoms with Gasteiger partial charge in [-0.3, -0.25) is 0 Å². The van der Waals surface area contributed by atoms with Crippen LogP contribution in [0, 0.1) is 18.2 Å². The van der Waals surface area contributed by atoms with E-state index in [2.05, 4.69) is 17.3 Å². The lowest BCUT2D eigenvalue weighted by atomic mass is 10.2. The van der Waals surface area contributed by atoms with Crippen molar-refractivity contribution in [2.24, 2.45) is 5.16 Å². The van der Waals surface area contributed by atoms with Crippen LogP contribution in [-0.4, -0.2) is 12.8 Å². The minimum Gasteiger partial charge on any atom is -0.394 e. The van der Waals surface area contributed by atoms with Crippen molar-refractivity contribution in [3.05, 3.63) is 35.6 Å². The second-order valence-corrected chi connectivity index (χ2v) is 2.47. The number of hydrogen-bond donors (Lipinski definition) is 0. The first kappa shape index (κ1) is 10.3. The first-order chi connectivity index (χ1) is 6.84. The van der Waals surface area contributed by atoms with Gasteiger partial charge < -0.3 is 4.84 Å². The van der Waals surface area contributed by atoms with E-state index in [1.54, 1.807) is 18.2 Å². The van der Waals surface area contributed by atoms with E-state index in [9.17, 15) is 4.39 Å². The Hall–Kier alpha value is -1.82. The minimum absolute atomic E-state index is 0.271. The molecule has 1 aromatic carbocycles. The maximum Gasteiger partial charge on any atom is 0.142 e. The summed E-state index contributed by atoms with van der Waals surface area (Å²) in [7, 11) is 0. The number of terminal acetylenes is 1. The number of halogens is 1. The maximum atomic E-state index is 13.0. The molecule has 0 aliphatic carbocycles. The maximum absolute atomic E-state index is 13.0. The fourth-order valence-corrected chi connectivity index (χ4v) is 0.784. The zero-order valence-electron chi connectivity index (χ0n) is 7.53. The van der Waals surface area contributed by atoms with Gasteiger partial charge in [0, 0.05) is 12.0 Å². The fourth-order valence-electron chi connectivity index (χ4n) is 0.784. The van der Waals surface area contributed by atoms with Crippen LogP contribution < -0.4 is 0 Å². The molecule has 1 radical (unpaired) electrons. The van der Waals surface area contributed by atoms with Crippen LogP contribution in [0.15, 0.2) is 29.4 Å². The summed E-state index contributed by atoms with van der Waals surface area (Å²) in [6, 6.07) is 6.19. The standard InChI is InChI=1S/C11H9FNO/c1-2-3-8-14-13-9-10-6-4-5-7-11(10)12/h1,4-7H,3,8H2. The van der Waals surface area contributed by atoms with Gasteiger partial charge in [0.1, 0.15) is 18.6 Å². The van der Waals surface area contributed by atoms with Gasteiger partial charge in [-0.05, 0) is 12.1 Å². The second-order valence-electron chi connectivity index (χ2n) is 2.47. The van der Waals surface area contributed by atoms with Crippen molar-refractivity contribution in [3.63, 3.8) is 0 Å². The zero-order valence-corrected chi connectivity index (χ0v) is 7.53. The van der Waals surface area contributed by atoms with Crippen molar-refractivity contribution in [3.8, 4) is 12.3 Å². The molecule has 0 amide bonds. The van der Waals surface area contributed by atoms with Crippen molar-refractivity contribution in [1.82, 2.24) is 0 Å². The van der Waals surface area contributed by atoms with E-state index in [4.69, 9.17) is 11.3 Å². The van der Waals surface area contributed by atoms with Gasteiger partial charge in [-0.25, -0.2) is 4.39 Å². The SMILES string of the molecule is C#CCCON=[C]c1ccccc1F. The third-order valence-corrected chi connectivity index (χ3v) is 1.44. The largest absolute Gasteiger partial charge is 0.394 e. The van der Waals surface area contributed by atoms with Crippen LogP contribution in [0.5, 0.6) is 0 Å². The van der Waals surface area contributed by atoms with E-state index in [1.807, 2.05) is 0 Å². The molecule has 0 atom stereocenters. The van der Waals surface area contributed by atoms with Gasteiger partial charge in [0.25, 0.3) is 0 Å². The molecule has 0 aliphatic heterocycles. The molecule has 0 aromatic heterocycles. The topological polar surface area (TPSA) is 21.6 Å². The number of nitrogens with zero attached hydrogens (tertiary/aromatic N) is 1. The fraction of sp³-hybridized carbons (Fsp3) is 0.182. The number of rotatable bonds is 4. The molecule has 0 unspecified atom stereocenters. The Morgan fingerprint density at radius 1 is 1.43 bits per heavy atom. The highest BCUT2D eigenvalue weighted by Gasteiger charge is 1.96.